The standard InChI is InChI=1S/C17H18FNO4S/c1-22-17(12-3-2-4-14(18)9-12)11-19-24(20,21)15-5-6-16-13(10-15)7-8-23-16/h2-6,9-10,17,19H,7-8,11H2,1H3. The molecule has 0 bridgehead atoms. The van der Waals surface area contributed by atoms with Gasteiger partial charge < -0.3 is 9.47 Å². The summed E-state index contributed by atoms with van der Waals surface area (Å²) in [7, 11) is -2.23. The number of hydrogen-bond acceptors (Lipinski definition) is 4. The molecule has 1 N–H and O–H groups in total. The van der Waals surface area contributed by atoms with Gasteiger partial charge in [-0.2, -0.15) is 0 Å². The van der Waals surface area contributed by atoms with Gasteiger partial charge in [-0.25, -0.2) is 17.5 Å². The van der Waals surface area contributed by atoms with Crippen molar-refractivity contribution in [1.82, 2.24) is 4.72 Å². The van der Waals surface area contributed by atoms with Gasteiger partial charge in [0.25, 0.3) is 0 Å². The summed E-state index contributed by atoms with van der Waals surface area (Å²) in [6.45, 7) is 0.577. The van der Waals surface area contributed by atoms with Gasteiger partial charge in [0.1, 0.15) is 11.6 Å². The van der Waals surface area contributed by atoms with Crippen LogP contribution in [0.3, 0.4) is 0 Å². The van der Waals surface area contributed by atoms with Crippen LogP contribution in [0, 0.1) is 5.82 Å². The Morgan fingerprint density at radius 3 is 2.88 bits per heavy atom. The summed E-state index contributed by atoms with van der Waals surface area (Å²) in [4.78, 5) is 0.181. The highest BCUT2D eigenvalue weighted by Gasteiger charge is 2.21. The van der Waals surface area contributed by atoms with Crippen LogP contribution in [0.5, 0.6) is 5.75 Å². The molecule has 7 heteroatoms. The minimum atomic E-state index is -3.68. The van der Waals surface area contributed by atoms with Gasteiger partial charge in [0, 0.05) is 20.1 Å². The Bertz CT molecular complexity index is 838. The van der Waals surface area contributed by atoms with Crippen molar-refractivity contribution in [2.45, 2.75) is 17.4 Å². The number of ether oxygens (including phenoxy) is 2. The summed E-state index contributed by atoms with van der Waals surface area (Å²) in [5.41, 5.74) is 1.45. The van der Waals surface area contributed by atoms with Crippen molar-refractivity contribution in [1.29, 1.82) is 0 Å². The topological polar surface area (TPSA) is 64.6 Å². The fourth-order valence-corrected chi connectivity index (χ4v) is 3.73. The van der Waals surface area contributed by atoms with E-state index >= 15 is 0 Å². The van der Waals surface area contributed by atoms with Crippen molar-refractivity contribution < 1.29 is 22.3 Å². The van der Waals surface area contributed by atoms with E-state index in [4.69, 9.17) is 9.47 Å². The fourth-order valence-electron chi connectivity index (χ4n) is 2.64. The average molecular weight is 351 g/mol. The molecule has 128 valence electrons. The second-order valence-electron chi connectivity index (χ2n) is 5.50. The normalized spacial score (nSPS) is 14.9. The van der Waals surface area contributed by atoms with E-state index < -0.39 is 21.9 Å². The molecule has 1 aliphatic rings. The molecule has 0 saturated heterocycles. The molecule has 3 rings (SSSR count). The Hall–Kier alpha value is -1.96. The van der Waals surface area contributed by atoms with Crippen LogP contribution >= 0.6 is 0 Å². The minimum absolute atomic E-state index is 0.00979. The molecule has 0 amide bonds. The number of hydrogen-bond donors (Lipinski definition) is 1. The summed E-state index contributed by atoms with van der Waals surface area (Å²) >= 11 is 0. The lowest BCUT2D eigenvalue weighted by Gasteiger charge is -2.17. The van der Waals surface area contributed by atoms with Crippen LogP contribution in [0.2, 0.25) is 0 Å². The first-order valence-corrected chi connectivity index (χ1v) is 9.01. The van der Waals surface area contributed by atoms with Crippen LogP contribution in [-0.4, -0.2) is 28.7 Å². The number of fused-ring (bicyclic) bond motifs is 1. The SMILES string of the molecule is COC(CNS(=O)(=O)c1ccc2c(c1)CCO2)c1cccc(F)c1. The van der Waals surface area contributed by atoms with Crippen LogP contribution in [0.25, 0.3) is 0 Å². The molecule has 0 fully saturated rings. The molecule has 0 spiro atoms. The zero-order valence-electron chi connectivity index (χ0n) is 13.2. The molecular weight excluding hydrogens is 333 g/mol. The first-order chi connectivity index (χ1) is 11.5. The maximum absolute atomic E-state index is 13.3. The molecule has 0 radical (unpaired) electrons. The van der Waals surface area contributed by atoms with Crippen LogP contribution < -0.4 is 9.46 Å². The maximum atomic E-state index is 13.3. The van der Waals surface area contributed by atoms with Crippen molar-refractivity contribution in [3.05, 3.63) is 59.4 Å². The number of halogens is 1. The number of nitrogens with one attached hydrogen (secondary N) is 1. The summed E-state index contributed by atoms with van der Waals surface area (Å²) < 4.78 is 51.4. The minimum Gasteiger partial charge on any atom is -0.493 e. The first-order valence-electron chi connectivity index (χ1n) is 7.53. The number of methoxy groups -OCH3 is 1. The van der Waals surface area contributed by atoms with E-state index in [1.165, 1.54) is 25.3 Å². The molecule has 2 aromatic rings. The van der Waals surface area contributed by atoms with Gasteiger partial charge in [0.2, 0.25) is 10.0 Å². The second kappa shape index (κ2) is 6.88. The Balaban J connectivity index is 1.74. The third-order valence-electron chi connectivity index (χ3n) is 3.93. The van der Waals surface area contributed by atoms with Crippen LogP contribution in [0.4, 0.5) is 4.39 Å². The summed E-state index contributed by atoms with van der Waals surface area (Å²) in [6.07, 6.45) is 0.121. The molecule has 0 aromatic heterocycles. The highest BCUT2D eigenvalue weighted by atomic mass is 32.2. The molecule has 2 aromatic carbocycles. The first kappa shape index (κ1) is 16.9. The van der Waals surface area contributed by atoms with Crippen LogP contribution in [0.15, 0.2) is 47.4 Å². The zero-order valence-corrected chi connectivity index (χ0v) is 14.0. The van der Waals surface area contributed by atoms with Crippen molar-refractivity contribution in [2.75, 3.05) is 20.3 Å². The predicted molar refractivity (Wildman–Crippen MR) is 87.0 cm³/mol. The van der Waals surface area contributed by atoms with E-state index in [0.717, 1.165) is 11.3 Å². The molecule has 1 aliphatic heterocycles. The van der Waals surface area contributed by atoms with E-state index in [1.807, 2.05) is 0 Å². The van der Waals surface area contributed by atoms with Crippen molar-refractivity contribution in [3.8, 4) is 5.75 Å². The molecule has 0 aliphatic carbocycles. The predicted octanol–water partition coefficient (Wildman–Crippen LogP) is 2.43. The van der Waals surface area contributed by atoms with Crippen molar-refractivity contribution >= 4 is 10.0 Å². The Kier molecular flexibility index (Phi) is 4.84. The summed E-state index contributed by atoms with van der Waals surface area (Å²) in [6, 6.07) is 10.7. The maximum Gasteiger partial charge on any atom is 0.240 e. The number of sulfonamides is 1. The Morgan fingerprint density at radius 1 is 1.29 bits per heavy atom. The smallest absolute Gasteiger partial charge is 0.240 e. The van der Waals surface area contributed by atoms with E-state index in [9.17, 15) is 12.8 Å². The fraction of sp³-hybridized carbons (Fsp3) is 0.294. The van der Waals surface area contributed by atoms with Gasteiger partial charge in [0.05, 0.1) is 17.6 Å². The molecule has 1 unspecified atom stereocenters. The van der Waals surface area contributed by atoms with Crippen LogP contribution in [0.1, 0.15) is 17.2 Å². The lowest BCUT2D eigenvalue weighted by Crippen LogP contribution is -2.29. The van der Waals surface area contributed by atoms with E-state index in [1.54, 1.807) is 24.3 Å². The summed E-state index contributed by atoms with van der Waals surface area (Å²) in [5, 5.41) is 0. The highest BCUT2D eigenvalue weighted by molar-refractivity contribution is 7.89. The molecule has 1 heterocycles. The van der Waals surface area contributed by atoms with Gasteiger partial charge in [-0.05, 0) is 41.5 Å². The number of benzene rings is 2. The Morgan fingerprint density at radius 2 is 2.12 bits per heavy atom. The molecule has 5 nitrogen and oxygen atoms in total. The van der Waals surface area contributed by atoms with Gasteiger partial charge in [-0.15, -0.1) is 0 Å². The van der Waals surface area contributed by atoms with Crippen LogP contribution in [-0.2, 0) is 21.2 Å². The lowest BCUT2D eigenvalue weighted by atomic mass is 10.1. The lowest BCUT2D eigenvalue weighted by molar-refractivity contribution is 0.107. The molecular formula is C17H18FNO4S. The van der Waals surface area contributed by atoms with E-state index in [-0.39, 0.29) is 11.4 Å². The van der Waals surface area contributed by atoms with Gasteiger partial charge in [-0.3, -0.25) is 0 Å². The van der Waals surface area contributed by atoms with Crippen molar-refractivity contribution in [2.24, 2.45) is 0 Å². The van der Waals surface area contributed by atoms with E-state index in [2.05, 4.69) is 4.72 Å². The third-order valence-corrected chi connectivity index (χ3v) is 5.36. The molecule has 24 heavy (non-hydrogen) atoms. The summed E-state index contributed by atoms with van der Waals surface area (Å²) in [5.74, 6) is 0.333. The van der Waals surface area contributed by atoms with Gasteiger partial charge in [-0.1, -0.05) is 12.1 Å². The second-order valence-corrected chi connectivity index (χ2v) is 7.27. The number of rotatable bonds is 6. The van der Waals surface area contributed by atoms with E-state index in [0.29, 0.717) is 18.6 Å². The Labute approximate surface area is 140 Å². The average Bonchev–Trinajstić information content (AvgIpc) is 3.03. The van der Waals surface area contributed by atoms with Gasteiger partial charge >= 0.3 is 0 Å². The van der Waals surface area contributed by atoms with Crippen molar-refractivity contribution in [3.63, 3.8) is 0 Å². The quantitative estimate of drug-likeness (QED) is 0.868. The highest BCUT2D eigenvalue weighted by Crippen LogP contribution is 2.27. The molecule has 0 saturated carbocycles. The zero-order chi connectivity index (χ0) is 17.2. The monoisotopic (exact) mass is 351 g/mol. The molecule has 1 atom stereocenters. The largest absolute Gasteiger partial charge is 0.493 e. The third kappa shape index (κ3) is 3.58. The van der Waals surface area contributed by atoms with Gasteiger partial charge in [0.15, 0.2) is 0 Å².